The highest BCUT2D eigenvalue weighted by molar-refractivity contribution is 5.68. The lowest BCUT2D eigenvalue weighted by atomic mass is 10.1. The van der Waals surface area contributed by atoms with Gasteiger partial charge in [-0.25, -0.2) is 4.79 Å². The zero-order valence-electron chi connectivity index (χ0n) is 10.7. The van der Waals surface area contributed by atoms with Crippen molar-refractivity contribution in [2.24, 2.45) is 0 Å². The van der Waals surface area contributed by atoms with Gasteiger partial charge in [-0.15, -0.1) is 0 Å². The van der Waals surface area contributed by atoms with Crippen LogP contribution in [0.1, 0.15) is 47.0 Å². The number of aliphatic hydroxyl groups is 1. The molecule has 0 bridgehead atoms. The molecule has 1 heterocycles. The number of β-amino-alcohol motifs (C(OH)–C–C–N with tert-alkyl or cyclic N) is 1. The van der Waals surface area contributed by atoms with Gasteiger partial charge in [0.1, 0.15) is 5.60 Å². The zero-order valence-corrected chi connectivity index (χ0v) is 10.7. The summed E-state index contributed by atoms with van der Waals surface area (Å²) in [4.78, 5) is 13.6. The van der Waals surface area contributed by atoms with Crippen LogP contribution in [-0.2, 0) is 4.74 Å². The number of rotatable bonds is 0. The van der Waals surface area contributed by atoms with E-state index in [2.05, 4.69) is 0 Å². The minimum Gasteiger partial charge on any atom is -0.444 e. The number of amides is 1. The topological polar surface area (TPSA) is 49.8 Å². The van der Waals surface area contributed by atoms with Crippen LogP contribution < -0.4 is 0 Å². The first-order valence-corrected chi connectivity index (χ1v) is 5.97. The van der Waals surface area contributed by atoms with Crippen LogP contribution in [-0.4, -0.2) is 40.4 Å². The highest BCUT2D eigenvalue weighted by atomic mass is 16.6. The summed E-state index contributed by atoms with van der Waals surface area (Å²) in [5.41, 5.74) is -0.478. The molecule has 1 fully saturated rings. The molecular weight excluding hydrogens is 206 g/mol. The number of hydrogen-bond acceptors (Lipinski definition) is 3. The fourth-order valence-electron chi connectivity index (χ4n) is 1.88. The monoisotopic (exact) mass is 229 g/mol. The first-order valence-electron chi connectivity index (χ1n) is 5.97. The molecule has 1 amide bonds. The molecule has 2 atom stereocenters. The fourth-order valence-corrected chi connectivity index (χ4v) is 1.88. The molecule has 0 spiro atoms. The van der Waals surface area contributed by atoms with Gasteiger partial charge in [0.25, 0.3) is 0 Å². The highest BCUT2D eigenvalue weighted by Crippen LogP contribution is 2.19. The average Bonchev–Trinajstić information content (AvgIpc) is 2.25. The van der Waals surface area contributed by atoms with E-state index in [1.54, 1.807) is 4.90 Å². The summed E-state index contributed by atoms with van der Waals surface area (Å²) in [6.07, 6.45) is 1.92. The molecule has 94 valence electrons. The number of carbonyl (C=O) groups is 1. The van der Waals surface area contributed by atoms with E-state index >= 15 is 0 Å². The quantitative estimate of drug-likeness (QED) is 0.692. The molecule has 4 nitrogen and oxygen atoms in total. The molecule has 1 rings (SSSR count). The van der Waals surface area contributed by atoms with E-state index in [1.807, 2.05) is 27.7 Å². The number of hydrogen-bond donors (Lipinski definition) is 1. The van der Waals surface area contributed by atoms with E-state index in [1.165, 1.54) is 0 Å². The second-order valence-electron chi connectivity index (χ2n) is 5.57. The Bertz CT molecular complexity index is 247. The van der Waals surface area contributed by atoms with Gasteiger partial charge in [0.05, 0.1) is 12.6 Å². The third kappa shape index (κ3) is 4.00. The summed E-state index contributed by atoms with van der Waals surface area (Å²) in [6.45, 7) is 7.94. The predicted molar refractivity (Wildman–Crippen MR) is 62.3 cm³/mol. The Hall–Kier alpha value is -0.770. The van der Waals surface area contributed by atoms with E-state index in [0.29, 0.717) is 6.54 Å². The largest absolute Gasteiger partial charge is 0.444 e. The molecule has 4 heteroatoms. The highest BCUT2D eigenvalue weighted by Gasteiger charge is 2.29. The Morgan fingerprint density at radius 2 is 2.00 bits per heavy atom. The first-order chi connectivity index (χ1) is 7.29. The average molecular weight is 229 g/mol. The first kappa shape index (κ1) is 13.3. The van der Waals surface area contributed by atoms with Crippen LogP contribution in [0.2, 0.25) is 0 Å². The number of ether oxygens (including phenoxy) is 1. The maximum absolute atomic E-state index is 11.9. The van der Waals surface area contributed by atoms with Gasteiger partial charge in [-0.3, -0.25) is 0 Å². The third-order valence-electron chi connectivity index (χ3n) is 2.73. The Morgan fingerprint density at radius 3 is 2.56 bits per heavy atom. The van der Waals surface area contributed by atoms with Crippen LogP contribution in [0.25, 0.3) is 0 Å². The number of carbonyl (C=O) groups excluding carboxylic acids is 1. The van der Waals surface area contributed by atoms with Crippen molar-refractivity contribution < 1.29 is 14.6 Å². The van der Waals surface area contributed by atoms with Gasteiger partial charge in [-0.2, -0.15) is 0 Å². The molecular formula is C12H23NO3. The molecule has 0 saturated carbocycles. The van der Waals surface area contributed by atoms with Crippen molar-refractivity contribution in [3.63, 3.8) is 0 Å². The zero-order chi connectivity index (χ0) is 12.3. The SMILES string of the molecule is CC1CCCC(O)CN1C(=O)OC(C)(C)C. The number of nitrogens with zero attached hydrogens (tertiary/aromatic N) is 1. The van der Waals surface area contributed by atoms with Crippen LogP contribution in [0.15, 0.2) is 0 Å². The smallest absolute Gasteiger partial charge is 0.410 e. The molecule has 1 N–H and O–H groups in total. The van der Waals surface area contributed by atoms with E-state index in [4.69, 9.17) is 4.74 Å². The maximum atomic E-state index is 11.9. The van der Waals surface area contributed by atoms with Crippen molar-refractivity contribution in [2.75, 3.05) is 6.54 Å². The van der Waals surface area contributed by atoms with E-state index in [9.17, 15) is 9.90 Å². The van der Waals surface area contributed by atoms with Gasteiger partial charge in [0, 0.05) is 6.04 Å². The van der Waals surface area contributed by atoms with Crippen LogP contribution >= 0.6 is 0 Å². The summed E-state index contributed by atoms with van der Waals surface area (Å²) in [7, 11) is 0. The van der Waals surface area contributed by atoms with Gasteiger partial charge in [0.2, 0.25) is 0 Å². The van der Waals surface area contributed by atoms with Crippen LogP contribution in [0.4, 0.5) is 4.79 Å². The molecule has 16 heavy (non-hydrogen) atoms. The summed E-state index contributed by atoms with van der Waals surface area (Å²) in [5.74, 6) is 0. The van der Waals surface area contributed by atoms with Crippen molar-refractivity contribution in [1.29, 1.82) is 0 Å². The number of likely N-dealkylation sites (tertiary alicyclic amines) is 1. The van der Waals surface area contributed by atoms with Crippen LogP contribution in [0, 0.1) is 0 Å². The third-order valence-corrected chi connectivity index (χ3v) is 2.73. The Balaban J connectivity index is 2.64. The molecule has 1 aliphatic heterocycles. The summed E-state index contributed by atoms with van der Waals surface area (Å²) >= 11 is 0. The lowest BCUT2D eigenvalue weighted by Crippen LogP contribution is -2.44. The predicted octanol–water partition coefficient (Wildman–Crippen LogP) is 2.16. The van der Waals surface area contributed by atoms with Crippen molar-refractivity contribution in [3.8, 4) is 0 Å². The molecule has 0 aliphatic carbocycles. The van der Waals surface area contributed by atoms with Gasteiger partial charge < -0.3 is 14.7 Å². The van der Waals surface area contributed by atoms with Crippen molar-refractivity contribution in [3.05, 3.63) is 0 Å². The minimum atomic E-state index is -0.478. The molecule has 0 radical (unpaired) electrons. The molecule has 1 saturated heterocycles. The number of aliphatic hydroxyl groups excluding tert-OH is 1. The van der Waals surface area contributed by atoms with Gasteiger partial charge >= 0.3 is 6.09 Å². The van der Waals surface area contributed by atoms with E-state index in [-0.39, 0.29) is 12.1 Å². The standard InChI is InChI=1S/C12H23NO3/c1-9-6-5-7-10(14)8-13(9)11(15)16-12(2,3)4/h9-10,14H,5-8H2,1-4H3. The second-order valence-corrected chi connectivity index (χ2v) is 5.57. The van der Waals surface area contributed by atoms with Crippen LogP contribution in [0.5, 0.6) is 0 Å². The van der Waals surface area contributed by atoms with Gasteiger partial charge in [0.15, 0.2) is 0 Å². The normalized spacial score (nSPS) is 27.4. The van der Waals surface area contributed by atoms with E-state index in [0.717, 1.165) is 19.3 Å². The summed E-state index contributed by atoms with van der Waals surface area (Å²) < 4.78 is 5.33. The van der Waals surface area contributed by atoms with Crippen molar-refractivity contribution >= 4 is 6.09 Å². The summed E-state index contributed by atoms with van der Waals surface area (Å²) in [5, 5.41) is 9.68. The van der Waals surface area contributed by atoms with E-state index < -0.39 is 11.7 Å². The summed E-state index contributed by atoms with van der Waals surface area (Å²) in [6, 6.07) is 0.145. The van der Waals surface area contributed by atoms with Gasteiger partial charge in [-0.1, -0.05) is 0 Å². The second kappa shape index (κ2) is 5.04. The molecule has 0 aromatic rings. The van der Waals surface area contributed by atoms with Crippen molar-refractivity contribution in [2.45, 2.75) is 64.7 Å². The molecule has 0 aromatic heterocycles. The maximum Gasteiger partial charge on any atom is 0.410 e. The van der Waals surface area contributed by atoms with Crippen LogP contribution in [0.3, 0.4) is 0 Å². The fraction of sp³-hybridized carbons (Fsp3) is 0.917. The Kier molecular flexibility index (Phi) is 4.19. The molecule has 1 aliphatic rings. The Morgan fingerprint density at radius 1 is 1.38 bits per heavy atom. The minimum absolute atomic E-state index is 0.145. The lowest BCUT2D eigenvalue weighted by molar-refractivity contribution is 0.00919. The lowest BCUT2D eigenvalue weighted by Gasteiger charge is -2.31. The Labute approximate surface area is 97.6 Å². The van der Waals surface area contributed by atoms with Crippen molar-refractivity contribution in [1.82, 2.24) is 4.90 Å². The molecule has 2 unspecified atom stereocenters. The van der Waals surface area contributed by atoms with Gasteiger partial charge in [-0.05, 0) is 47.0 Å². The molecule has 0 aromatic carbocycles.